The molecule has 1 aliphatic carbocycles. The molecule has 0 unspecified atom stereocenters. The summed E-state index contributed by atoms with van der Waals surface area (Å²) in [6.07, 6.45) is 10.6. The van der Waals surface area contributed by atoms with Crippen LogP contribution in [0, 0.1) is 5.92 Å². The topological polar surface area (TPSA) is 66.6 Å². The minimum atomic E-state index is 0.135. The molecule has 2 aliphatic rings. The summed E-state index contributed by atoms with van der Waals surface area (Å²) >= 11 is 0. The van der Waals surface area contributed by atoms with Crippen molar-refractivity contribution in [1.82, 2.24) is 24.5 Å². The van der Waals surface area contributed by atoms with E-state index in [0.29, 0.717) is 0 Å². The second kappa shape index (κ2) is 11.6. The van der Waals surface area contributed by atoms with Crippen LogP contribution >= 0.6 is 0 Å². The number of rotatable bonds is 4. The molecule has 0 aromatic carbocycles. The molecule has 4 heterocycles. The molecule has 0 N–H and O–H groups in total. The lowest BCUT2D eigenvalue weighted by Gasteiger charge is -2.34. The smallest absolute Gasteiger partial charge is 0.219 e. The van der Waals surface area contributed by atoms with Crippen molar-refractivity contribution in [3.05, 3.63) is 55.6 Å². The maximum absolute atomic E-state index is 11.5. The highest BCUT2D eigenvalue weighted by molar-refractivity contribution is 5.79. The molecule has 0 radical (unpaired) electrons. The van der Waals surface area contributed by atoms with Gasteiger partial charge in [0.15, 0.2) is 5.65 Å². The van der Waals surface area contributed by atoms with Gasteiger partial charge in [0, 0.05) is 62.3 Å². The molecule has 2 fully saturated rings. The number of anilines is 1. The van der Waals surface area contributed by atoms with Crippen LogP contribution in [0.3, 0.4) is 0 Å². The number of nitrogens with zero attached hydrogens (tertiary/aromatic N) is 6. The highest BCUT2D eigenvalue weighted by Gasteiger charge is 2.21. The Hall–Kier alpha value is -3.22. The molecule has 3 aromatic heterocycles. The van der Waals surface area contributed by atoms with Gasteiger partial charge in [0.2, 0.25) is 5.91 Å². The number of carbonyl (C=O) groups excluding carboxylic acids is 1. The maximum Gasteiger partial charge on any atom is 0.219 e. The summed E-state index contributed by atoms with van der Waals surface area (Å²) in [4.78, 5) is 25.1. The van der Waals surface area contributed by atoms with Crippen molar-refractivity contribution >= 4 is 17.4 Å². The summed E-state index contributed by atoms with van der Waals surface area (Å²) in [6.45, 7) is 15.1. The second-order valence-corrected chi connectivity index (χ2v) is 8.54. The van der Waals surface area contributed by atoms with Crippen LogP contribution in [0.5, 0.6) is 0 Å². The fourth-order valence-electron chi connectivity index (χ4n) is 3.76. The molecule has 1 amide bonds. The van der Waals surface area contributed by atoms with Crippen molar-refractivity contribution < 1.29 is 4.79 Å². The van der Waals surface area contributed by atoms with E-state index in [1.165, 1.54) is 12.8 Å². The van der Waals surface area contributed by atoms with E-state index in [1.54, 1.807) is 6.92 Å². The van der Waals surface area contributed by atoms with Crippen LogP contribution in [0.15, 0.2) is 49.9 Å². The summed E-state index contributed by atoms with van der Waals surface area (Å²) in [5.41, 5.74) is 4.03. The number of hydrogen-bond donors (Lipinski definition) is 0. The first-order chi connectivity index (χ1) is 16.1. The molecule has 7 nitrogen and oxygen atoms in total. The molecule has 5 rings (SSSR count). The second-order valence-electron chi connectivity index (χ2n) is 8.54. The summed E-state index contributed by atoms with van der Waals surface area (Å²) in [7, 11) is 0. The van der Waals surface area contributed by atoms with E-state index in [2.05, 4.69) is 48.1 Å². The minimum Gasteiger partial charge on any atom is -0.353 e. The first kappa shape index (κ1) is 24.4. The number of amides is 1. The summed E-state index contributed by atoms with van der Waals surface area (Å²) < 4.78 is 1.81. The third kappa shape index (κ3) is 6.18. The Morgan fingerprint density at radius 3 is 2.42 bits per heavy atom. The van der Waals surface area contributed by atoms with Gasteiger partial charge in [0.05, 0.1) is 6.20 Å². The van der Waals surface area contributed by atoms with Gasteiger partial charge in [-0.25, -0.2) is 9.50 Å². The van der Waals surface area contributed by atoms with Gasteiger partial charge in [-0.1, -0.05) is 39.2 Å². The average Bonchev–Trinajstić information content (AvgIpc) is 3.52. The fraction of sp³-hybridized carbons (Fsp3) is 0.462. The average molecular weight is 449 g/mol. The highest BCUT2D eigenvalue weighted by Crippen LogP contribution is 2.28. The quantitative estimate of drug-likeness (QED) is 0.545. The molecule has 7 heteroatoms. The van der Waals surface area contributed by atoms with Gasteiger partial charge in [-0.15, -0.1) is 13.2 Å². The van der Waals surface area contributed by atoms with Gasteiger partial charge in [0.1, 0.15) is 5.82 Å². The lowest BCUT2D eigenvalue weighted by Crippen LogP contribution is -2.48. The lowest BCUT2D eigenvalue weighted by atomic mass is 10.0. The summed E-state index contributed by atoms with van der Waals surface area (Å²) in [5.74, 6) is 2.14. The third-order valence-corrected chi connectivity index (χ3v) is 5.94. The van der Waals surface area contributed by atoms with Gasteiger partial charge in [-0.05, 0) is 24.5 Å². The minimum absolute atomic E-state index is 0.135. The van der Waals surface area contributed by atoms with Crippen LogP contribution in [-0.4, -0.2) is 56.6 Å². The zero-order chi connectivity index (χ0) is 23.8. The molecule has 1 saturated carbocycles. The molecule has 0 bridgehead atoms. The van der Waals surface area contributed by atoms with Crippen LogP contribution in [0.4, 0.5) is 5.82 Å². The van der Waals surface area contributed by atoms with Crippen molar-refractivity contribution in [2.24, 2.45) is 5.92 Å². The first-order valence-corrected chi connectivity index (χ1v) is 11.9. The maximum atomic E-state index is 11.5. The van der Waals surface area contributed by atoms with E-state index in [9.17, 15) is 4.79 Å². The number of fused-ring (bicyclic) bond motifs is 1. The van der Waals surface area contributed by atoms with Crippen molar-refractivity contribution in [2.45, 2.75) is 46.5 Å². The van der Waals surface area contributed by atoms with Crippen LogP contribution in [0.25, 0.3) is 16.8 Å². The Balaban J connectivity index is 0.000000452. The molecular formula is C26H36N6O. The normalized spacial score (nSPS) is 15.4. The Kier molecular flexibility index (Phi) is 8.58. The van der Waals surface area contributed by atoms with E-state index in [4.69, 9.17) is 4.98 Å². The van der Waals surface area contributed by atoms with Crippen LogP contribution < -0.4 is 4.90 Å². The summed E-state index contributed by atoms with van der Waals surface area (Å²) in [6, 6.07) is 6.04. The van der Waals surface area contributed by atoms with Gasteiger partial charge in [0.25, 0.3) is 0 Å². The molecular weight excluding hydrogens is 412 g/mol. The lowest BCUT2D eigenvalue weighted by molar-refractivity contribution is -0.129. The largest absolute Gasteiger partial charge is 0.353 e. The number of carbonyl (C=O) groups is 1. The van der Waals surface area contributed by atoms with E-state index in [1.807, 2.05) is 40.1 Å². The van der Waals surface area contributed by atoms with E-state index >= 15 is 0 Å². The molecule has 0 atom stereocenters. The Morgan fingerprint density at radius 1 is 1.12 bits per heavy atom. The zero-order valence-electron chi connectivity index (χ0n) is 20.2. The van der Waals surface area contributed by atoms with E-state index in [0.717, 1.165) is 73.2 Å². The van der Waals surface area contributed by atoms with Gasteiger partial charge >= 0.3 is 0 Å². The molecule has 0 spiro atoms. The highest BCUT2D eigenvalue weighted by atomic mass is 16.2. The van der Waals surface area contributed by atoms with Crippen molar-refractivity contribution in [3.8, 4) is 11.1 Å². The zero-order valence-corrected chi connectivity index (χ0v) is 20.2. The van der Waals surface area contributed by atoms with Crippen molar-refractivity contribution in [3.63, 3.8) is 0 Å². The van der Waals surface area contributed by atoms with Crippen LogP contribution in [-0.2, 0) is 11.2 Å². The number of pyridine rings is 1. The van der Waals surface area contributed by atoms with Gasteiger partial charge < -0.3 is 9.80 Å². The number of piperazine rings is 1. The number of aryl methyl sites for hydroxylation is 1. The predicted octanol–water partition coefficient (Wildman–Crippen LogP) is 4.63. The van der Waals surface area contributed by atoms with Crippen LogP contribution in [0.2, 0.25) is 0 Å². The molecule has 176 valence electrons. The van der Waals surface area contributed by atoms with Crippen LogP contribution in [0.1, 0.15) is 45.7 Å². The molecule has 1 aliphatic heterocycles. The molecule has 3 aromatic rings. The number of aromatic nitrogens is 4. The first-order valence-electron chi connectivity index (χ1n) is 11.9. The van der Waals surface area contributed by atoms with E-state index in [-0.39, 0.29) is 5.91 Å². The van der Waals surface area contributed by atoms with E-state index < -0.39 is 0 Å². The Bertz CT molecular complexity index is 1050. The standard InChI is InChI=1S/C20H24N6O.C4H8.C2H4/c1-3-5-18-16(6-4-8-21-18)17-14-22-26-9-7-19(23-20(17)26)25-12-10-24(11-13-25)15(2)27;1-4-2-3-4;1-2/h4,6-9,14H,3,5,10-13H2,1-2H3;4H,2-3H2,1H3;1-2H2. The summed E-state index contributed by atoms with van der Waals surface area (Å²) in [5, 5.41) is 4.47. The third-order valence-electron chi connectivity index (χ3n) is 5.94. The Labute approximate surface area is 197 Å². The van der Waals surface area contributed by atoms with Crippen molar-refractivity contribution in [2.75, 3.05) is 31.1 Å². The Morgan fingerprint density at radius 2 is 1.82 bits per heavy atom. The van der Waals surface area contributed by atoms with Crippen molar-refractivity contribution in [1.29, 1.82) is 0 Å². The fourth-order valence-corrected chi connectivity index (χ4v) is 3.76. The SMILES string of the molecule is C=C.CC1CC1.CCCc1ncccc1-c1cnn2ccc(N3CCN(C(C)=O)CC3)nc12. The predicted molar refractivity (Wildman–Crippen MR) is 134 cm³/mol. The number of hydrogen-bond acceptors (Lipinski definition) is 5. The van der Waals surface area contributed by atoms with Gasteiger partial charge in [-0.3, -0.25) is 9.78 Å². The molecule has 33 heavy (non-hydrogen) atoms. The monoisotopic (exact) mass is 448 g/mol. The molecule has 1 saturated heterocycles. The van der Waals surface area contributed by atoms with Gasteiger partial charge in [-0.2, -0.15) is 5.10 Å².